The number of nitrogens with zero attached hydrogens (tertiary/aromatic N) is 5. The van der Waals surface area contributed by atoms with E-state index in [2.05, 4.69) is 40.9 Å². The van der Waals surface area contributed by atoms with E-state index in [0.717, 1.165) is 23.5 Å². The third-order valence-corrected chi connectivity index (χ3v) is 3.14. The number of aromatic nitrogens is 4. The van der Waals surface area contributed by atoms with E-state index in [9.17, 15) is 0 Å². The maximum Gasteiger partial charge on any atom is 0.163 e. The van der Waals surface area contributed by atoms with Crippen LogP contribution >= 0.6 is 0 Å². The molecule has 2 heterocycles. The van der Waals surface area contributed by atoms with Crippen LogP contribution in [0.15, 0.2) is 24.5 Å². The molecular weight excluding hydrogens is 250 g/mol. The van der Waals surface area contributed by atoms with Crippen molar-refractivity contribution in [1.82, 2.24) is 20.2 Å². The molecule has 0 spiro atoms. The van der Waals surface area contributed by atoms with Gasteiger partial charge in [0.05, 0.1) is 17.1 Å². The van der Waals surface area contributed by atoms with Gasteiger partial charge < -0.3 is 0 Å². The molecule has 1 atom stereocenters. The minimum atomic E-state index is 0.189. The lowest BCUT2D eigenvalue weighted by atomic mass is 10.0. The van der Waals surface area contributed by atoms with Crippen molar-refractivity contribution in [3.8, 4) is 6.07 Å². The number of hydrogen-bond acceptors (Lipinski definition) is 5. The minimum absolute atomic E-state index is 0.189. The standard InChI is InChI=1S/C15H17N5/c1-10(2)15-9-17-13(8-18-15)6-11(3)14-5-4-12(7-16)19-20-14/h4-5,8-11H,6H2,1-3H3/t11-/m0/s1. The fourth-order valence-electron chi connectivity index (χ4n) is 1.85. The van der Waals surface area contributed by atoms with Crippen molar-refractivity contribution in [3.05, 3.63) is 47.3 Å². The zero-order chi connectivity index (χ0) is 14.5. The lowest BCUT2D eigenvalue weighted by molar-refractivity contribution is 0.688. The molecule has 0 amide bonds. The van der Waals surface area contributed by atoms with Gasteiger partial charge in [-0.2, -0.15) is 10.4 Å². The summed E-state index contributed by atoms with van der Waals surface area (Å²) in [6.07, 6.45) is 4.41. The molecule has 2 rings (SSSR count). The van der Waals surface area contributed by atoms with Crippen LogP contribution in [0.3, 0.4) is 0 Å². The van der Waals surface area contributed by atoms with Crippen LogP contribution in [0.2, 0.25) is 0 Å². The smallest absolute Gasteiger partial charge is 0.163 e. The minimum Gasteiger partial charge on any atom is -0.258 e. The second kappa shape index (κ2) is 6.20. The Morgan fingerprint density at radius 3 is 2.35 bits per heavy atom. The van der Waals surface area contributed by atoms with Crippen molar-refractivity contribution in [1.29, 1.82) is 5.26 Å². The lowest BCUT2D eigenvalue weighted by Gasteiger charge is -2.10. The van der Waals surface area contributed by atoms with Crippen molar-refractivity contribution in [2.45, 2.75) is 39.0 Å². The molecule has 20 heavy (non-hydrogen) atoms. The van der Waals surface area contributed by atoms with Gasteiger partial charge in [0.25, 0.3) is 0 Å². The summed E-state index contributed by atoms with van der Waals surface area (Å²) in [4.78, 5) is 8.85. The van der Waals surface area contributed by atoms with E-state index in [-0.39, 0.29) is 5.92 Å². The van der Waals surface area contributed by atoms with E-state index in [1.165, 1.54) is 0 Å². The first-order chi connectivity index (χ1) is 9.60. The number of nitriles is 1. The fourth-order valence-corrected chi connectivity index (χ4v) is 1.85. The van der Waals surface area contributed by atoms with Gasteiger partial charge in [-0.25, -0.2) is 0 Å². The number of rotatable bonds is 4. The third kappa shape index (κ3) is 3.35. The van der Waals surface area contributed by atoms with Gasteiger partial charge >= 0.3 is 0 Å². The van der Waals surface area contributed by atoms with Gasteiger partial charge in [0.1, 0.15) is 6.07 Å². The predicted molar refractivity (Wildman–Crippen MR) is 75.0 cm³/mol. The molecule has 5 nitrogen and oxygen atoms in total. The molecule has 0 fully saturated rings. The summed E-state index contributed by atoms with van der Waals surface area (Å²) < 4.78 is 0. The second-order valence-electron chi connectivity index (χ2n) is 5.15. The first kappa shape index (κ1) is 14.1. The molecule has 102 valence electrons. The SMILES string of the molecule is CC(C)c1cnc(C[C@H](C)c2ccc(C#N)nn2)cn1. The van der Waals surface area contributed by atoms with Gasteiger partial charge in [-0.15, -0.1) is 5.10 Å². The molecular formula is C15H17N5. The Kier molecular flexibility index (Phi) is 4.36. The van der Waals surface area contributed by atoms with Crippen LogP contribution in [0.5, 0.6) is 0 Å². The van der Waals surface area contributed by atoms with Gasteiger partial charge in [0, 0.05) is 18.3 Å². The molecule has 2 aromatic heterocycles. The highest BCUT2D eigenvalue weighted by Gasteiger charge is 2.11. The van der Waals surface area contributed by atoms with Gasteiger partial charge in [0.2, 0.25) is 0 Å². The monoisotopic (exact) mass is 267 g/mol. The Hall–Kier alpha value is -2.35. The zero-order valence-corrected chi connectivity index (χ0v) is 11.9. The third-order valence-electron chi connectivity index (χ3n) is 3.14. The average Bonchev–Trinajstić information content (AvgIpc) is 2.48. The quantitative estimate of drug-likeness (QED) is 0.851. The summed E-state index contributed by atoms with van der Waals surface area (Å²) in [7, 11) is 0. The molecule has 0 aromatic carbocycles. The van der Waals surface area contributed by atoms with Crippen molar-refractivity contribution < 1.29 is 0 Å². The highest BCUT2D eigenvalue weighted by molar-refractivity contribution is 5.21. The van der Waals surface area contributed by atoms with Crippen LogP contribution < -0.4 is 0 Å². The van der Waals surface area contributed by atoms with E-state index in [4.69, 9.17) is 5.26 Å². The highest BCUT2D eigenvalue weighted by atomic mass is 15.1. The van der Waals surface area contributed by atoms with E-state index in [1.54, 1.807) is 6.07 Å². The molecule has 2 aromatic rings. The van der Waals surface area contributed by atoms with Gasteiger partial charge in [0.15, 0.2) is 5.69 Å². The number of hydrogen-bond donors (Lipinski definition) is 0. The first-order valence-electron chi connectivity index (χ1n) is 6.64. The molecule has 0 aliphatic rings. The molecule has 0 N–H and O–H groups in total. The summed E-state index contributed by atoms with van der Waals surface area (Å²) >= 11 is 0. The summed E-state index contributed by atoms with van der Waals surface area (Å²) in [5.41, 5.74) is 3.13. The van der Waals surface area contributed by atoms with Gasteiger partial charge in [-0.05, 0) is 24.5 Å². The molecule has 0 aliphatic carbocycles. The Morgan fingerprint density at radius 2 is 1.85 bits per heavy atom. The van der Waals surface area contributed by atoms with Crippen LogP contribution in [-0.2, 0) is 6.42 Å². The summed E-state index contributed by atoms with van der Waals surface area (Å²) in [5.74, 6) is 0.577. The van der Waals surface area contributed by atoms with E-state index >= 15 is 0 Å². The molecule has 0 unspecified atom stereocenters. The average molecular weight is 267 g/mol. The van der Waals surface area contributed by atoms with Crippen LogP contribution in [0.4, 0.5) is 0 Å². The zero-order valence-electron chi connectivity index (χ0n) is 11.9. The Balaban J connectivity index is 2.06. The molecule has 0 bridgehead atoms. The Bertz CT molecular complexity index is 596. The van der Waals surface area contributed by atoms with E-state index in [1.807, 2.05) is 24.5 Å². The molecule has 5 heteroatoms. The predicted octanol–water partition coefficient (Wildman–Crippen LogP) is 2.61. The second-order valence-corrected chi connectivity index (χ2v) is 5.15. The Labute approximate surface area is 118 Å². The molecule has 0 saturated carbocycles. The first-order valence-corrected chi connectivity index (χ1v) is 6.64. The van der Waals surface area contributed by atoms with Crippen molar-refractivity contribution in [3.63, 3.8) is 0 Å². The van der Waals surface area contributed by atoms with E-state index in [0.29, 0.717) is 11.6 Å². The van der Waals surface area contributed by atoms with Gasteiger partial charge in [-0.3, -0.25) is 9.97 Å². The lowest BCUT2D eigenvalue weighted by Crippen LogP contribution is -2.05. The maximum absolute atomic E-state index is 8.70. The molecule has 0 aliphatic heterocycles. The normalized spacial score (nSPS) is 12.2. The molecule has 0 radical (unpaired) electrons. The van der Waals surface area contributed by atoms with E-state index < -0.39 is 0 Å². The van der Waals surface area contributed by atoms with Crippen molar-refractivity contribution in [2.24, 2.45) is 0 Å². The van der Waals surface area contributed by atoms with Crippen molar-refractivity contribution >= 4 is 0 Å². The highest BCUT2D eigenvalue weighted by Crippen LogP contribution is 2.17. The van der Waals surface area contributed by atoms with Crippen molar-refractivity contribution in [2.75, 3.05) is 0 Å². The topological polar surface area (TPSA) is 75.3 Å². The van der Waals surface area contributed by atoms with Crippen LogP contribution in [0, 0.1) is 11.3 Å². The Morgan fingerprint density at radius 1 is 1.05 bits per heavy atom. The maximum atomic E-state index is 8.70. The summed E-state index contributed by atoms with van der Waals surface area (Å²) in [6.45, 7) is 6.26. The molecule has 0 saturated heterocycles. The summed E-state index contributed by atoms with van der Waals surface area (Å²) in [5, 5.41) is 16.6. The van der Waals surface area contributed by atoms with Crippen LogP contribution in [-0.4, -0.2) is 20.2 Å². The van der Waals surface area contributed by atoms with Gasteiger partial charge in [-0.1, -0.05) is 20.8 Å². The largest absolute Gasteiger partial charge is 0.258 e. The fraction of sp³-hybridized carbons (Fsp3) is 0.400. The van der Waals surface area contributed by atoms with Crippen LogP contribution in [0.1, 0.15) is 55.4 Å². The van der Waals surface area contributed by atoms with Crippen LogP contribution in [0.25, 0.3) is 0 Å². The summed E-state index contributed by atoms with van der Waals surface area (Å²) in [6, 6.07) is 5.49.